The van der Waals surface area contributed by atoms with Crippen LogP contribution in [-0.4, -0.2) is 11.1 Å². The van der Waals surface area contributed by atoms with Crippen LogP contribution in [-0.2, 0) is 6.18 Å². The van der Waals surface area contributed by atoms with Crippen LogP contribution in [0.15, 0.2) is 60.8 Å². The molecule has 0 fully saturated rings. The van der Waals surface area contributed by atoms with Gasteiger partial charge in [0.2, 0.25) is 0 Å². The number of halogens is 3. The summed E-state index contributed by atoms with van der Waals surface area (Å²) in [5.41, 5.74) is 3.88. The van der Waals surface area contributed by atoms with Crippen molar-refractivity contribution >= 4 is 22.9 Å². The van der Waals surface area contributed by atoms with Gasteiger partial charge in [0.1, 0.15) is 6.17 Å². The summed E-state index contributed by atoms with van der Waals surface area (Å²) in [6, 6.07) is 17.6. The van der Waals surface area contributed by atoms with Crippen LogP contribution in [0.1, 0.15) is 62.6 Å². The smallest absolute Gasteiger partial charge is 0.316 e. The van der Waals surface area contributed by atoms with Gasteiger partial charge in [0.15, 0.2) is 5.82 Å². The van der Waals surface area contributed by atoms with Crippen molar-refractivity contribution in [2.75, 3.05) is 9.80 Å². The zero-order valence-corrected chi connectivity index (χ0v) is 20.0. The van der Waals surface area contributed by atoms with Gasteiger partial charge in [-0.1, -0.05) is 57.2 Å². The average molecular weight is 466 g/mol. The summed E-state index contributed by atoms with van der Waals surface area (Å²) < 4.78 is 41.4. The third-order valence-electron chi connectivity index (χ3n) is 8.03. The minimum absolute atomic E-state index is 0.172. The van der Waals surface area contributed by atoms with Gasteiger partial charge in [0.05, 0.1) is 11.3 Å². The van der Waals surface area contributed by atoms with Crippen molar-refractivity contribution in [1.82, 2.24) is 4.98 Å². The van der Waals surface area contributed by atoms with Gasteiger partial charge in [0.25, 0.3) is 0 Å². The van der Waals surface area contributed by atoms with Crippen LogP contribution in [0, 0.1) is 12.3 Å². The Bertz CT molecular complexity index is 1220. The van der Waals surface area contributed by atoms with Gasteiger partial charge in [-0.05, 0) is 61.4 Å². The molecule has 3 aromatic rings. The van der Waals surface area contributed by atoms with Gasteiger partial charge in [-0.2, -0.15) is 13.2 Å². The molecule has 2 aliphatic heterocycles. The lowest BCUT2D eigenvalue weighted by molar-refractivity contribution is -0.137. The molecule has 0 saturated carbocycles. The van der Waals surface area contributed by atoms with Gasteiger partial charge in [-0.3, -0.25) is 0 Å². The number of nitrogens with zero attached hydrogens (tertiary/aromatic N) is 3. The Morgan fingerprint density at radius 3 is 2.15 bits per heavy atom. The minimum atomic E-state index is -4.46. The summed E-state index contributed by atoms with van der Waals surface area (Å²) in [5, 5.41) is 0. The molecular weight excluding hydrogens is 435 g/mol. The fourth-order valence-electron chi connectivity index (χ4n) is 6.41. The first-order valence-electron chi connectivity index (χ1n) is 12.1. The highest BCUT2D eigenvalue weighted by Crippen LogP contribution is 2.63. The average Bonchev–Trinajstić information content (AvgIpc) is 3.18. The van der Waals surface area contributed by atoms with Crippen molar-refractivity contribution in [2.24, 2.45) is 5.41 Å². The van der Waals surface area contributed by atoms with E-state index in [9.17, 15) is 13.2 Å². The fourth-order valence-corrected chi connectivity index (χ4v) is 6.41. The summed E-state index contributed by atoms with van der Waals surface area (Å²) in [4.78, 5) is 8.81. The molecule has 2 atom stereocenters. The molecule has 2 unspecified atom stereocenters. The van der Waals surface area contributed by atoms with E-state index in [1.807, 2.05) is 37.3 Å². The summed E-state index contributed by atoms with van der Waals surface area (Å²) >= 11 is 0. The standard InChI is InChI=1S/C28H30F3N3/c1-5-21-20-13-9-11-15-23(20)34-25-24(16-19(17-32-25)28(29,30)31)33(22-14-10-8-12-18(22)4)26(34)27(21,6-2)7-3/h8-17,21,26H,5-7H2,1-4H3. The molecule has 0 N–H and O–H groups in total. The normalized spacial score (nSPS) is 20.7. The van der Waals surface area contributed by atoms with Crippen LogP contribution < -0.4 is 9.80 Å². The van der Waals surface area contributed by atoms with Crippen LogP contribution >= 0.6 is 0 Å². The van der Waals surface area contributed by atoms with Gasteiger partial charge in [-0.25, -0.2) is 4.98 Å². The van der Waals surface area contributed by atoms with Crippen LogP contribution in [0.2, 0.25) is 0 Å². The van der Waals surface area contributed by atoms with E-state index in [4.69, 9.17) is 0 Å². The maximum absolute atomic E-state index is 13.8. The number of aryl methyl sites for hydroxylation is 1. The summed E-state index contributed by atoms with van der Waals surface area (Å²) in [6.07, 6.45) is -0.888. The highest BCUT2D eigenvalue weighted by atomic mass is 19.4. The molecule has 3 nitrogen and oxygen atoms in total. The van der Waals surface area contributed by atoms with E-state index in [1.165, 1.54) is 11.6 Å². The van der Waals surface area contributed by atoms with Crippen LogP contribution in [0.5, 0.6) is 0 Å². The lowest BCUT2D eigenvalue weighted by Gasteiger charge is -2.55. The van der Waals surface area contributed by atoms with Crippen LogP contribution in [0.25, 0.3) is 0 Å². The first kappa shape index (κ1) is 22.8. The number of aromatic nitrogens is 1. The summed E-state index contributed by atoms with van der Waals surface area (Å²) in [5.74, 6) is 0.873. The Labute approximate surface area is 199 Å². The maximum atomic E-state index is 13.8. The molecule has 0 saturated heterocycles. The summed E-state index contributed by atoms with van der Waals surface area (Å²) in [6.45, 7) is 8.67. The third kappa shape index (κ3) is 3.07. The second-order valence-corrected chi connectivity index (χ2v) is 9.42. The number of anilines is 4. The molecule has 34 heavy (non-hydrogen) atoms. The van der Waals surface area contributed by atoms with Crippen molar-refractivity contribution in [3.8, 4) is 0 Å². The van der Waals surface area contributed by atoms with E-state index in [0.717, 1.165) is 42.4 Å². The van der Waals surface area contributed by atoms with E-state index in [2.05, 4.69) is 53.8 Å². The maximum Gasteiger partial charge on any atom is 0.417 e. The molecule has 0 radical (unpaired) electrons. The second kappa shape index (κ2) is 8.03. The molecule has 1 aromatic heterocycles. The Morgan fingerprint density at radius 2 is 1.53 bits per heavy atom. The van der Waals surface area contributed by atoms with Crippen molar-refractivity contribution in [2.45, 2.75) is 65.2 Å². The minimum Gasteiger partial charge on any atom is -0.316 e. The van der Waals surface area contributed by atoms with Crippen molar-refractivity contribution in [1.29, 1.82) is 0 Å². The predicted molar refractivity (Wildman–Crippen MR) is 131 cm³/mol. The monoisotopic (exact) mass is 465 g/mol. The largest absolute Gasteiger partial charge is 0.417 e. The van der Waals surface area contributed by atoms with E-state index in [0.29, 0.717) is 11.5 Å². The number of fused-ring (bicyclic) bond motifs is 5. The quantitative estimate of drug-likeness (QED) is 0.386. The number of rotatable bonds is 4. The molecule has 6 heteroatoms. The Morgan fingerprint density at radius 1 is 0.882 bits per heavy atom. The first-order valence-corrected chi connectivity index (χ1v) is 12.1. The molecule has 3 heterocycles. The number of para-hydroxylation sites is 2. The first-order chi connectivity index (χ1) is 16.3. The van der Waals surface area contributed by atoms with Crippen molar-refractivity contribution < 1.29 is 13.2 Å². The van der Waals surface area contributed by atoms with Crippen LogP contribution in [0.3, 0.4) is 0 Å². The zero-order chi connectivity index (χ0) is 24.3. The number of pyridine rings is 1. The van der Waals surface area contributed by atoms with E-state index in [1.54, 1.807) is 0 Å². The summed E-state index contributed by atoms with van der Waals surface area (Å²) in [7, 11) is 0. The second-order valence-electron chi connectivity index (χ2n) is 9.42. The highest BCUT2D eigenvalue weighted by Gasteiger charge is 2.57. The molecule has 0 aliphatic carbocycles. The number of hydrogen-bond donors (Lipinski definition) is 0. The molecule has 5 rings (SSSR count). The van der Waals surface area contributed by atoms with Crippen molar-refractivity contribution in [3.63, 3.8) is 0 Å². The number of hydrogen-bond acceptors (Lipinski definition) is 3. The van der Waals surface area contributed by atoms with Crippen LogP contribution in [0.4, 0.5) is 36.1 Å². The molecule has 178 valence electrons. The lowest BCUT2D eigenvalue weighted by Crippen LogP contribution is -2.57. The Kier molecular flexibility index (Phi) is 5.38. The van der Waals surface area contributed by atoms with Gasteiger partial charge in [0, 0.05) is 23.0 Å². The molecule has 0 spiro atoms. The van der Waals surface area contributed by atoms with Gasteiger partial charge < -0.3 is 9.80 Å². The SMILES string of the molecule is CCC1c2ccccc2N2c3ncc(C(F)(F)F)cc3N(c3ccccc3C)C2C1(CC)CC. The number of alkyl halides is 3. The Hall–Kier alpha value is -3.02. The zero-order valence-electron chi connectivity index (χ0n) is 20.0. The number of benzene rings is 2. The van der Waals surface area contributed by atoms with Gasteiger partial charge >= 0.3 is 6.18 Å². The third-order valence-corrected chi connectivity index (χ3v) is 8.03. The lowest BCUT2D eigenvalue weighted by atomic mass is 9.62. The molecule has 2 aliphatic rings. The molecule has 0 bridgehead atoms. The van der Waals surface area contributed by atoms with E-state index < -0.39 is 11.7 Å². The van der Waals surface area contributed by atoms with Crippen molar-refractivity contribution in [3.05, 3.63) is 77.5 Å². The molecule has 2 aromatic carbocycles. The topological polar surface area (TPSA) is 19.4 Å². The van der Waals surface area contributed by atoms with Gasteiger partial charge in [-0.15, -0.1) is 0 Å². The Balaban J connectivity index is 1.87. The van der Waals surface area contributed by atoms with E-state index >= 15 is 0 Å². The predicted octanol–water partition coefficient (Wildman–Crippen LogP) is 8.34. The highest BCUT2D eigenvalue weighted by molar-refractivity contribution is 5.89. The fraction of sp³-hybridized carbons (Fsp3) is 0.393. The van der Waals surface area contributed by atoms with E-state index in [-0.39, 0.29) is 17.5 Å². The molecule has 0 amide bonds. The molecular formula is C28H30F3N3.